The van der Waals surface area contributed by atoms with Gasteiger partial charge >= 0.3 is 0 Å². The Morgan fingerprint density at radius 1 is 1.22 bits per heavy atom. The first-order valence-corrected chi connectivity index (χ1v) is 9.44. The number of carbonyl (C=O) groups is 1. The molecule has 1 aliphatic rings. The third kappa shape index (κ3) is 2.93. The molecule has 1 fully saturated rings. The van der Waals surface area contributed by atoms with Crippen LogP contribution in [0.5, 0.6) is 0 Å². The summed E-state index contributed by atoms with van der Waals surface area (Å²) in [6.07, 6.45) is 5.57. The monoisotopic (exact) mass is 381 g/mol. The fourth-order valence-electron chi connectivity index (χ4n) is 4.30. The fourth-order valence-corrected chi connectivity index (χ4v) is 4.42. The minimum Gasteiger partial charge on any atom is -0.364 e. The van der Waals surface area contributed by atoms with Crippen molar-refractivity contribution in [3.05, 3.63) is 82.9 Å². The average molecular weight is 382 g/mol. The predicted octanol–water partition coefficient (Wildman–Crippen LogP) is 4.25. The van der Waals surface area contributed by atoms with E-state index in [1.54, 1.807) is 12.5 Å². The van der Waals surface area contributed by atoms with Crippen molar-refractivity contribution in [3.63, 3.8) is 0 Å². The SMILES string of the molecule is Cc1ccccc1C1CCC[N+]1(c1ccc(Cl)cc1)n1cnc(C(N)=O)c1. The van der Waals surface area contributed by atoms with Crippen LogP contribution in [0.25, 0.3) is 0 Å². The predicted molar refractivity (Wildman–Crippen MR) is 107 cm³/mol. The molecule has 138 valence electrons. The summed E-state index contributed by atoms with van der Waals surface area (Å²) < 4.78 is 2.57. The maximum absolute atomic E-state index is 11.6. The Kier molecular flexibility index (Phi) is 4.50. The van der Waals surface area contributed by atoms with E-state index in [-0.39, 0.29) is 11.7 Å². The van der Waals surface area contributed by atoms with Gasteiger partial charge in [-0.25, -0.2) is 4.98 Å². The van der Waals surface area contributed by atoms with Crippen LogP contribution >= 0.6 is 11.6 Å². The van der Waals surface area contributed by atoms with E-state index < -0.39 is 5.91 Å². The first kappa shape index (κ1) is 17.8. The van der Waals surface area contributed by atoms with Crippen LogP contribution in [0.15, 0.2) is 61.1 Å². The molecule has 0 spiro atoms. The standard InChI is InChI=1S/C21H21ClN4O/c1-15-5-2-3-6-18(15)20-7-4-12-26(20,17-10-8-16(22)9-11-17)25-13-19(21(23)27)24-14-25/h2-3,5-6,8-11,13-14,20H,4,7,12H2,1H3,(H-,23,27)/p+1. The highest BCUT2D eigenvalue weighted by molar-refractivity contribution is 6.30. The molecule has 2 aromatic carbocycles. The van der Waals surface area contributed by atoms with Crippen molar-refractivity contribution < 1.29 is 4.79 Å². The van der Waals surface area contributed by atoms with Crippen LogP contribution in [0.1, 0.15) is 40.5 Å². The molecule has 0 radical (unpaired) electrons. The third-order valence-electron chi connectivity index (χ3n) is 5.55. The molecule has 5 nitrogen and oxygen atoms in total. The number of hydrogen-bond donors (Lipinski definition) is 1. The number of nitrogens with zero attached hydrogens (tertiary/aromatic N) is 3. The van der Waals surface area contributed by atoms with Crippen LogP contribution in [-0.4, -0.2) is 22.1 Å². The lowest BCUT2D eigenvalue weighted by Crippen LogP contribution is -2.52. The molecular weight excluding hydrogens is 360 g/mol. The van der Waals surface area contributed by atoms with Crippen molar-refractivity contribution >= 4 is 23.2 Å². The number of quaternary nitrogens is 1. The van der Waals surface area contributed by atoms with E-state index in [9.17, 15) is 4.79 Å². The lowest BCUT2D eigenvalue weighted by molar-refractivity contribution is 0.0995. The topological polar surface area (TPSA) is 60.9 Å². The molecular formula is C21H22ClN4O+. The molecule has 0 saturated carbocycles. The zero-order valence-corrected chi connectivity index (χ0v) is 15.9. The number of amides is 1. The Bertz CT molecular complexity index is 982. The van der Waals surface area contributed by atoms with Crippen molar-refractivity contribution in [1.82, 2.24) is 14.3 Å². The Morgan fingerprint density at radius 2 is 1.96 bits per heavy atom. The minimum atomic E-state index is -0.519. The molecule has 0 bridgehead atoms. The number of imidazole rings is 1. The van der Waals surface area contributed by atoms with E-state index in [0.717, 1.165) is 25.1 Å². The van der Waals surface area contributed by atoms with Gasteiger partial charge < -0.3 is 5.73 Å². The van der Waals surface area contributed by atoms with Gasteiger partial charge in [-0.15, -0.1) is 0 Å². The lowest BCUT2D eigenvalue weighted by atomic mass is 9.98. The van der Waals surface area contributed by atoms with E-state index in [1.165, 1.54) is 11.1 Å². The zero-order chi connectivity index (χ0) is 19.0. The molecule has 0 aliphatic carbocycles. The van der Waals surface area contributed by atoms with E-state index in [4.69, 9.17) is 17.3 Å². The summed E-state index contributed by atoms with van der Waals surface area (Å²) in [5.41, 5.74) is 9.41. The van der Waals surface area contributed by atoms with E-state index >= 15 is 0 Å². The Hall–Kier alpha value is -2.63. The molecule has 3 aromatic rings. The van der Waals surface area contributed by atoms with Gasteiger partial charge in [0.2, 0.25) is 0 Å². The minimum absolute atomic E-state index is 0.210. The highest BCUT2D eigenvalue weighted by atomic mass is 35.5. The summed E-state index contributed by atoms with van der Waals surface area (Å²) in [7, 11) is 0. The van der Waals surface area contributed by atoms with Gasteiger partial charge in [0.1, 0.15) is 18.9 Å². The molecule has 1 aromatic heterocycles. The second-order valence-corrected chi connectivity index (χ2v) is 7.48. The number of aromatic nitrogens is 2. The summed E-state index contributed by atoms with van der Waals surface area (Å²) in [5, 5.41) is 0.701. The summed E-state index contributed by atoms with van der Waals surface area (Å²) >= 11 is 6.15. The Morgan fingerprint density at radius 3 is 2.63 bits per heavy atom. The molecule has 1 saturated heterocycles. The van der Waals surface area contributed by atoms with Crippen LogP contribution in [0.4, 0.5) is 5.69 Å². The van der Waals surface area contributed by atoms with Gasteiger partial charge in [0, 0.05) is 35.6 Å². The molecule has 1 aliphatic heterocycles. The van der Waals surface area contributed by atoms with Gasteiger partial charge in [-0.2, -0.15) is 9.27 Å². The smallest absolute Gasteiger partial charge is 0.269 e. The average Bonchev–Trinajstić information content (AvgIpc) is 3.31. The normalized spacial score (nSPS) is 22.1. The molecule has 27 heavy (non-hydrogen) atoms. The highest BCUT2D eigenvalue weighted by Crippen LogP contribution is 2.45. The number of hydrogen-bond acceptors (Lipinski definition) is 2. The molecule has 1 amide bonds. The van der Waals surface area contributed by atoms with Gasteiger partial charge in [0.25, 0.3) is 5.91 Å². The highest BCUT2D eigenvalue weighted by Gasteiger charge is 2.47. The van der Waals surface area contributed by atoms with Crippen molar-refractivity contribution in [2.45, 2.75) is 25.8 Å². The molecule has 6 heteroatoms. The van der Waals surface area contributed by atoms with Crippen molar-refractivity contribution in [2.75, 3.05) is 6.54 Å². The maximum Gasteiger partial charge on any atom is 0.269 e. The number of halogens is 1. The Balaban J connectivity index is 1.93. The van der Waals surface area contributed by atoms with Crippen LogP contribution in [0.3, 0.4) is 0 Å². The van der Waals surface area contributed by atoms with Gasteiger partial charge in [0.15, 0.2) is 11.4 Å². The molecule has 2 unspecified atom stereocenters. The van der Waals surface area contributed by atoms with E-state index in [2.05, 4.69) is 48.3 Å². The molecule has 2 heterocycles. The van der Waals surface area contributed by atoms with Crippen molar-refractivity contribution in [2.24, 2.45) is 5.73 Å². The third-order valence-corrected chi connectivity index (χ3v) is 5.80. The second-order valence-electron chi connectivity index (χ2n) is 7.04. The van der Waals surface area contributed by atoms with Crippen LogP contribution in [0, 0.1) is 6.92 Å². The number of nitrogens with two attached hydrogens (primary N) is 1. The second kappa shape index (κ2) is 6.83. The zero-order valence-electron chi connectivity index (χ0n) is 15.2. The molecule has 2 atom stereocenters. The maximum atomic E-state index is 11.6. The summed E-state index contributed by atoms with van der Waals surface area (Å²) in [6.45, 7) is 3.04. The van der Waals surface area contributed by atoms with E-state index in [0.29, 0.717) is 9.61 Å². The van der Waals surface area contributed by atoms with Crippen LogP contribution in [0.2, 0.25) is 5.02 Å². The van der Waals surface area contributed by atoms with Crippen LogP contribution in [-0.2, 0) is 0 Å². The van der Waals surface area contributed by atoms with Gasteiger partial charge in [0.05, 0.1) is 6.20 Å². The van der Waals surface area contributed by atoms with Gasteiger partial charge in [-0.05, 0) is 24.6 Å². The summed E-state index contributed by atoms with van der Waals surface area (Å²) in [5.74, 6) is -0.519. The Labute approximate surface area is 163 Å². The first-order chi connectivity index (χ1) is 13.0. The number of aryl methyl sites for hydroxylation is 1. The molecule has 4 rings (SSSR count). The quantitative estimate of drug-likeness (QED) is 0.687. The van der Waals surface area contributed by atoms with Crippen molar-refractivity contribution in [3.8, 4) is 0 Å². The van der Waals surface area contributed by atoms with Gasteiger partial charge in [-0.1, -0.05) is 35.9 Å². The van der Waals surface area contributed by atoms with Gasteiger partial charge in [-0.3, -0.25) is 4.79 Å². The fraction of sp³-hybridized carbons (Fsp3) is 0.238. The first-order valence-electron chi connectivity index (χ1n) is 9.06. The summed E-state index contributed by atoms with van der Waals surface area (Å²) in [6, 6.07) is 16.6. The summed E-state index contributed by atoms with van der Waals surface area (Å²) in [4.78, 5) is 15.9. The molecule has 2 N–H and O–H groups in total. The number of rotatable bonds is 4. The number of carbonyl (C=O) groups excluding carboxylic acids is 1. The number of benzene rings is 2. The van der Waals surface area contributed by atoms with Crippen LogP contribution < -0.4 is 10.3 Å². The van der Waals surface area contributed by atoms with Crippen molar-refractivity contribution in [1.29, 1.82) is 0 Å². The van der Waals surface area contributed by atoms with E-state index in [1.807, 2.05) is 16.8 Å². The largest absolute Gasteiger partial charge is 0.364 e. The number of primary amides is 1. The lowest BCUT2D eigenvalue weighted by Gasteiger charge is -2.39.